The van der Waals surface area contributed by atoms with Crippen LogP contribution in [0.5, 0.6) is 0 Å². The highest BCUT2D eigenvalue weighted by Gasteiger charge is 2.42. The summed E-state index contributed by atoms with van der Waals surface area (Å²) >= 11 is 0. The molecule has 11 heteroatoms. The average Bonchev–Trinajstić information content (AvgIpc) is 2.92. The van der Waals surface area contributed by atoms with Crippen LogP contribution in [0.3, 0.4) is 0 Å². The summed E-state index contributed by atoms with van der Waals surface area (Å²) in [7, 11) is 0. The average molecular weight is 554 g/mol. The number of benzene rings is 3. The van der Waals surface area contributed by atoms with Crippen molar-refractivity contribution in [3.05, 3.63) is 106 Å². The second kappa shape index (κ2) is 12.0. The summed E-state index contributed by atoms with van der Waals surface area (Å²) in [4.78, 5) is 54.6. The molecule has 8 nitrogen and oxygen atoms in total. The lowest BCUT2D eigenvalue weighted by Gasteiger charge is -2.43. The van der Waals surface area contributed by atoms with Gasteiger partial charge in [-0.05, 0) is 55.3 Å². The first kappa shape index (κ1) is 28.3. The number of nitrogens with one attached hydrogen (secondary N) is 1. The number of amides is 3. The van der Waals surface area contributed by atoms with Crippen LogP contribution in [0, 0.1) is 24.4 Å². The molecule has 0 radical (unpaired) electrons. The number of carboxylic acid groups (broad SMARTS) is 1. The van der Waals surface area contributed by atoms with E-state index in [1.165, 1.54) is 12.1 Å². The van der Waals surface area contributed by atoms with Gasteiger partial charge in [-0.25, -0.2) is 13.2 Å². The molecule has 1 saturated heterocycles. The second-order valence-electron chi connectivity index (χ2n) is 9.44. The van der Waals surface area contributed by atoms with Crippen molar-refractivity contribution < 1.29 is 37.5 Å². The Hall–Kier alpha value is -4.67. The summed E-state index contributed by atoms with van der Waals surface area (Å²) < 4.78 is 41.4. The third-order valence-electron chi connectivity index (χ3n) is 6.52. The van der Waals surface area contributed by atoms with Gasteiger partial charge in [0.25, 0.3) is 17.7 Å². The summed E-state index contributed by atoms with van der Waals surface area (Å²) in [6.45, 7) is 1.80. The summed E-state index contributed by atoms with van der Waals surface area (Å²) in [5.74, 6) is -6.76. The van der Waals surface area contributed by atoms with Gasteiger partial charge < -0.3 is 20.2 Å². The molecule has 3 amide bonds. The fourth-order valence-electron chi connectivity index (χ4n) is 4.67. The number of carbonyl (C=O) groups is 4. The SMILES string of the molecule is Cc1cccc(C(CC(=O)O)NC(=O)C2N(C(=O)c3cccc(F)c3)CCCN2C(=O)c2ccc(F)c(F)c2)c1. The van der Waals surface area contributed by atoms with Crippen molar-refractivity contribution in [2.75, 3.05) is 13.1 Å². The van der Waals surface area contributed by atoms with Crippen LogP contribution in [-0.4, -0.2) is 57.9 Å². The van der Waals surface area contributed by atoms with E-state index in [-0.39, 0.29) is 30.6 Å². The maximum Gasteiger partial charge on any atom is 0.305 e. The number of aliphatic carboxylic acids is 1. The predicted octanol–water partition coefficient (Wildman–Crippen LogP) is 4.06. The zero-order valence-corrected chi connectivity index (χ0v) is 21.4. The molecule has 4 rings (SSSR count). The smallest absolute Gasteiger partial charge is 0.305 e. The molecule has 0 saturated carbocycles. The molecule has 208 valence electrons. The number of halogens is 3. The van der Waals surface area contributed by atoms with Crippen LogP contribution in [0.15, 0.2) is 66.7 Å². The minimum absolute atomic E-state index is 0.0169. The van der Waals surface area contributed by atoms with Crippen LogP contribution in [-0.2, 0) is 9.59 Å². The summed E-state index contributed by atoms with van der Waals surface area (Å²) in [5, 5.41) is 12.2. The Labute approximate surface area is 228 Å². The number of rotatable bonds is 7. The van der Waals surface area contributed by atoms with Gasteiger partial charge in [-0.3, -0.25) is 19.2 Å². The molecule has 2 N–H and O–H groups in total. The number of carboxylic acids is 1. The third kappa shape index (κ3) is 6.31. The molecule has 0 aliphatic carbocycles. The van der Waals surface area contributed by atoms with E-state index in [4.69, 9.17) is 0 Å². The number of nitrogens with zero attached hydrogens (tertiary/aromatic N) is 2. The molecular formula is C29H26F3N3O5. The maximum atomic E-state index is 14.0. The first-order valence-corrected chi connectivity index (χ1v) is 12.5. The maximum absolute atomic E-state index is 14.0. The fourth-order valence-corrected chi connectivity index (χ4v) is 4.67. The van der Waals surface area contributed by atoms with Gasteiger partial charge in [0.15, 0.2) is 17.8 Å². The van der Waals surface area contributed by atoms with E-state index in [2.05, 4.69) is 5.32 Å². The molecule has 2 unspecified atom stereocenters. The van der Waals surface area contributed by atoms with Crippen molar-refractivity contribution in [2.24, 2.45) is 0 Å². The van der Waals surface area contributed by atoms with Crippen molar-refractivity contribution in [3.63, 3.8) is 0 Å². The molecule has 1 fully saturated rings. The molecule has 0 aromatic heterocycles. The van der Waals surface area contributed by atoms with Crippen LogP contribution in [0.1, 0.15) is 50.7 Å². The number of aryl methyl sites for hydroxylation is 1. The number of hydrogen-bond acceptors (Lipinski definition) is 4. The summed E-state index contributed by atoms with van der Waals surface area (Å²) in [5.41, 5.74) is 0.990. The van der Waals surface area contributed by atoms with Gasteiger partial charge in [-0.2, -0.15) is 0 Å². The molecule has 1 aliphatic rings. The molecule has 3 aromatic rings. The van der Waals surface area contributed by atoms with E-state index in [9.17, 15) is 37.5 Å². The van der Waals surface area contributed by atoms with E-state index >= 15 is 0 Å². The van der Waals surface area contributed by atoms with E-state index in [1.807, 2.05) is 0 Å². The van der Waals surface area contributed by atoms with Crippen LogP contribution < -0.4 is 5.32 Å². The van der Waals surface area contributed by atoms with E-state index < -0.39 is 59.8 Å². The molecular weight excluding hydrogens is 527 g/mol. The van der Waals surface area contributed by atoms with Crippen molar-refractivity contribution in [1.82, 2.24) is 15.1 Å². The third-order valence-corrected chi connectivity index (χ3v) is 6.52. The van der Waals surface area contributed by atoms with Gasteiger partial charge in [0, 0.05) is 24.2 Å². The Morgan fingerprint density at radius 1 is 0.875 bits per heavy atom. The number of carbonyl (C=O) groups excluding carboxylic acids is 3. The van der Waals surface area contributed by atoms with Crippen LogP contribution in [0.25, 0.3) is 0 Å². The van der Waals surface area contributed by atoms with Crippen LogP contribution in [0.2, 0.25) is 0 Å². The second-order valence-corrected chi connectivity index (χ2v) is 9.44. The van der Waals surface area contributed by atoms with E-state index in [0.717, 1.165) is 39.6 Å². The minimum atomic E-state index is -1.59. The van der Waals surface area contributed by atoms with Gasteiger partial charge in [0.1, 0.15) is 5.82 Å². The first-order chi connectivity index (χ1) is 19.0. The highest BCUT2D eigenvalue weighted by Crippen LogP contribution is 2.24. The van der Waals surface area contributed by atoms with Crippen molar-refractivity contribution in [2.45, 2.75) is 32.0 Å². The quantitative estimate of drug-likeness (QED) is 0.459. The van der Waals surface area contributed by atoms with Gasteiger partial charge in [-0.15, -0.1) is 0 Å². The van der Waals surface area contributed by atoms with Gasteiger partial charge in [0.2, 0.25) is 0 Å². The van der Waals surface area contributed by atoms with E-state index in [1.54, 1.807) is 31.2 Å². The first-order valence-electron chi connectivity index (χ1n) is 12.5. The lowest BCUT2D eigenvalue weighted by Crippen LogP contribution is -2.63. The van der Waals surface area contributed by atoms with Crippen LogP contribution >= 0.6 is 0 Å². The molecule has 0 spiro atoms. The zero-order chi connectivity index (χ0) is 29.0. The molecule has 3 aromatic carbocycles. The highest BCUT2D eigenvalue weighted by molar-refractivity contribution is 6.01. The zero-order valence-electron chi connectivity index (χ0n) is 21.4. The van der Waals surface area contributed by atoms with Crippen LogP contribution in [0.4, 0.5) is 13.2 Å². The number of hydrogen-bond donors (Lipinski definition) is 2. The monoisotopic (exact) mass is 553 g/mol. The largest absolute Gasteiger partial charge is 0.481 e. The fraction of sp³-hybridized carbons (Fsp3) is 0.241. The Balaban J connectivity index is 1.74. The summed E-state index contributed by atoms with van der Waals surface area (Å²) in [6, 6.07) is 13.2. The minimum Gasteiger partial charge on any atom is -0.481 e. The Morgan fingerprint density at radius 3 is 2.12 bits per heavy atom. The van der Waals surface area contributed by atoms with Gasteiger partial charge >= 0.3 is 5.97 Å². The molecule has 40 heavy (non-hydrogen) atoms. The molecule has 1 heterocycles. The Kier molecular flexibility index (Phi) is 8.52. The van der Waals surface area contributed by atoms with Crippen molar-refractivity contribution >= 4 is 23.7 Å². The van der Waals surface area contributed by atoms with Gasteiger partial charge in [0.05, 0.1) is 12.5 Å². The van der Waals surface area contributed by atoms with Gasteiger partial charge in [-0.1, -0.05) is 35.9 Å². The summed E-state index contributed by atoms with van der Waals surface area (Å²) in [6.07, 6.45) is -1.85. The molecule has 0 bridgehead atoms. The topological polar surface area (TPSA) is 107 Å². The molecule has 1 aliphatic heterocycles. The Morgan fingerprint density at radius 2 is 1.52 bits per heavy atom. The van der Waals surface area contributed by atoms with E-state index in [0.29, 0.717) is 11.6 Å². The van der Waals surface area contributed by atoms with Crippen molar-refractivity contribution in [3.8, 4) is 0 Å². The van der Waals surface area contributed by atoms with Crippen molar-refractivity contribution in [1.29, 1.82) is 0 Å². The standard InChI is InChI=1S/C29H26F3N3O5/c1-17-5-2-6-18(13-17)24(16-25(36)37)33-26(38)27-34(28(39)19-7-3-8-21(30)14-19)11-4-12-35(27)29(40)20-9-10-22(31)23(32)15-20/h2-3,5-10,13-15,24,27H,4,11-12,16H2,1H3,(H,33,38)(H,36,37). The Bertz CT molecular complexity index is 1460. The highest BCUT2D eigenvalue weighted by atomic mass is 19.2. The lowest BCUT2D eigenvalue weighted by atomic mass is 10.0. The normalized spacial score (nSPS) is 15.8. The lowest BCUT2D eigenvalue weighted by molar-refractivity contribution is -0.138. The molecule has 2 atom stereocenters. The predicted molar refractivity (Wildman–Crippen MR) is 138 cm³/mol.